The molecule has 2 fully saturated rings. The van der Waals surface area contributed by atoms with Crippen LogP contribution in [0.2, 0.25) is 0 Å². The average molecular weight is 380 g/mol. The molecule has 0 aromatic carbocycles. The molecule has 28 heavy (non-hydrogen) atoms. The molecule has 3 aromatic heterocycles. The monoisotopic (exact) mass is 380 g/mol. The van der Waals surface area contributed by atoms with Gasteiger partial charge in [-0.2, -0.15) is 0 Å². The lowest BCUT2D eigenvalue weighted by Crippen LogP contribution is -2.42. The van der Waals surface area contributed by atoms with Crippen molar-refractivity contribution in [1.29, 1.82) is 0 Å². The molecule has 0 saturated carbocycles. The average Bonchev–Trinajstić information content (AvgIpc) is 3.28. The molecule has 3 aromatic rings. The van der Waals surface area contributed by atoms with Crippen LogP contribution in [0.3, 0.4) is 0 Å². The minimum Gasteiger partial charge on any atom is -0.466 e. The predicted molar refractivity (Wildman–Crippen MR) is 104 cm³/mol. The van der Waals surface area contributed by atoms with Crippen molar-refractivity contribution in [2.75, 3.05) is 13.1 Å². The minimum atomic E-state index is 0.0500. The number of pyridine rings is 1. The van der Waals surface area contributed by atoms with E-state index in [1.807, 2.05) is 32.9 Å². The number of aryl methyl sites for hydroxylation is 3. The SMILES string of the molecule is Cc1cc(-c2cc(C(=O)N3C4CCNCC3CC4)c3c(C)noc3n2)c(C)o1. The van der Waals surface area contributed by atoms with Crippen LogP contribution in [0.5, 0.6) is 0 Å². The summed E-state index contributed by atoms with van der Waals surface area (Å²) in [5.41, 5.74) is 3.27. The van der Waals surface area contributed by atoms with Gasteiger partial charge in [0, 0.05) is 24.2 Å². The van der Waals surface area contributed by atoms with Gasteiger partial charge in [-0.3, -0.25) is 4.79 Å². The number of hydrogen-bond acceptors (Lipinski definition) is 6. The van der Waals surface area contributed by atoms with Gasteiger partial charge in [0.15, 0.2) is 0 Å². The Bertz CT molecular complexity index is 1050. The summed E-state index contributed by atoms with van der Waals surface area (Å²) in [5.74, 6) is 1.64. The highest BCUT2D eigenvalue weighted by molar-refractivity contribution is 6.07. The van der Waals surface area contributed by atoms with E-state index in [4.69, 9.17) is 8.94 Å². The number of furan rings is 1. The maximum atomic E-state index is 13.7. The number of fused-ring (bicyclic) bond motifs is 3. The van der Waals surface area contributed by atoms with Crippen molar-refractivity contribution >= 4 is 17.0 Å². The van der Waals surface area contributed by atoms with Crippen molar-refractivity contribution < 1.29 is 13.7 Å². The third kappa shape index (κ3) is 2.64. The van der Waals surface area contributed by atoms with Gasteiger partial charge in [0.2, 0.25) is 0 Å². The highest BCUT2D eigenvalue weighted by Gasteiger charge is 2.39. The first-order chi connectivity index (χ1) is 13.5. The molecule has 2 unspecified atom stereocenters. The summed E-state index contributed by atoms with van der Waals surface area (Å²) in [6.07, 6.45) is 3.11. The summed E-state index contributed by atoms with van der Waals surface area (Å²) in [7, 11) is 0. The Balaban J connectivity index is 1.66. The normalized spacial score (nSPS) is 22.0. The Morgan fingerprint density at radius 3 is 2.79 bits per heavy atom. The second-order valence-electron chi connectivity index (χ2n) is 7.92. The highest BCUT2D eigenvalue weighted by atomic mass is 16.5. The molecule has 7 heteroatoms. The van der Waals surface area contributed by atoms with E-state index in [9.17, 15) is 4.79 Å². The van der Waals surface area contributed by atoms with Crippen LogP contribution in [0, 0.1) is 20.8 Å². The number of carbonyl (C=O) groups is 1. The van der Waals surface area contributed by atoms with Crippen molar-refractivity contribution in [3.05, 3.63) is 34.9 Å². The van der Waals surface area contributed by atoms with Gasteiger partial charge >= 0.3 is 0 Å². The van der Waals surface area contributed by atoms with Gasteiger partial charge < -0.3 is 19.2 Å². The molecular formula is C21H24N4O3. The summed E-state index contributed by atoms with van der Waals surface area (Å²) in [4.78, 5) is 20.4. The molecule has 2 aliphatic heterocycles. The molecule has 7 nitrogen and oxygen atoms in total. The van der Waals surface area contributed by atoms with Crippen molar-refractivity contribution in [2.24, 2.45) is 0 Å². The Morgan fingerprint density at radius 1 is 1.18 bits per heavy atom. The molecule has 2 atom stereocenters. The van der Waals surface area contributed by atoms with Crippen molar-refractivity contribution in [3.8, 4) is 11.3 Å². The van der Waals surface area contributed by atoms with Gasteiger partial charge in [0.05, 0.1) is 22.3 Å². The topological polar surface area (TPSA) is 84.4 Å². The van der Waals surface area contributed by atoms with Gasteiger partial charge in [-0.15, -0.1) is 0 Å². The number of carbonyl (C=O) groups excluding carboxylic acids is 1. The fraction of sp³-hybridized carbons (Fsp3) is 0.476. The zero-order valence-corrected chi connectivity index (χ0v) is 16.4. The quantitative estimate of drug-likeness (QED) is 0.734. The maximum Gasteiger partial charge on any atom is 0.259 e. The lowest BCUT2D eigenvalue weighted by Gasteiger charge is -2.28. The van der Waals surface area contributed by atoms with E-state index < -0.39 is 0 Å². The van der Waals surface area contributed by atoms with Crippen molar-refractivity contribution in [1.82, 2.24) is 20.4 Å². The van der Waals surface area contributed by atoms with Gasteiger partial charge in [-0.25, -0.2) is 4.98 Å². The van der Waals surface area contributed by atoms with Crippen LogP contribution >= 0.6 is 0 Å². The molecule has 0 radical (unpaired) electrons. The summed E-state index contributed by atoms with van der Waals surface area (Å²) >= 11 is 0. The predicted octanol–water partition coefficient (Wildman–Crippen LogP) is 3.37. The van der Waals surface area contributed by atoms with Gasteiger partial charge in [0.1, 0.15) is 11.5 Å². The number of aromatic nitrogens is 2. The first-order valence-electron chi connectivity index (χ1n) is 9.90. The molecule has 5 heterocycles. The number of hydrogen-bond donors (Lipinski definition) is 1. The number of amides is 1. The smallest absolute Gasteiger partial charge is 0.259 e. The second-order valence-corrected chi connectivity index (χ2v) is 7.92. The zero-order valence-electron chi connectivity index (χ0n) is 16.4. The second kappa shape index (κ2) is 6.44. The van der Waals surface area contributed by atoms with Crippen LogP contribution in [-0.2, 0) is 0 Å². The van der Waals surface area contributed by atoms with Crippen LogP contribution in [0.1, 0.15) is 46.8 Å². The summed E-state index contributed by atoms with van der Waals surface area (Å²) in [6.45, 7) is 7.48. The third-order valence-electron chi connectivity index (χ3n) is 6.05. The van der Waals surface area contributed by atoms with Crippen LogP contribution in [0.15, 0.2) is 21.1 Å². The molecule has 0 aliphatic carbocycles. The lowest BCUT2D eigenvalue weighted by molar-refractivity contribution is 0.0682. The molecular weight excluding hydrogens is 356 g/mol. The van der Waals surface area contributed by atoms with E-state index in [0.717, 1.165) is 49.4 Å². The first kappa shape index (κ1) is 17.4. The minimum absolute atomic E-state index is 0.0500. The van der Waals surface area contributed by atoms with Crippen LogP contribution in [-0.4, -0.2) is 46.1 Å². The van der Waals surface area contributed by atoms with E-state index in [-0.39, 0.29) is 18.0 Å². The van der Waals surface area contributed by atoms with Gasteiger partial charge in [-0.1, -0.05) is 5.16 Å². The van der Waals surface area contributed by atoms with Crippen molar-refractivity contribution in [3.63, 3.8) is 0 Å². The number of rotatable bonds is 2. The Labute approximate surface area is 163 Å². The highest BCUT2D eigenvalue weighted by Crippen LogP contribution is 2.34. The number of nitrogens with one attached hydrogen (secondary N) is 1. The molecule has 2 bridgehead atoms. The van der Waals surface area contributed by atoms with E-state index in [1.54, 1.807) is 0 Å². The number of nitrogens with zero attached hydrogens (tertiary/aromatic N) is 3. The van der Waals surface area contributed by atoms with E-state index in [1.165, 1.54) is 0 Å². The third-order valence-corrected chi connectivity index (χ3v) is 6.05. The van der Waals surface area contributed by atoms with Crippen LogP contribution < -0.4 is 5.32 Å². The molecule has 0 spiro atoms. The summed E-state index contributed by atoms with van der Waals surface area (Å²) in [6, 6.07) is 4.35. The van der Waals surface area contributed by atoms with E-state index in [0.29, 0.717) is 28.1 Å². The molecule has 146 valence electrons. The van der Waals surface area contributed by atoms with Crippen LogP contribution in [0.25, 0.3) is 22.4 Å². The van der Waals surface area contributed by atoms with Crippen molar-refractivity contribution in [2.45, 2.75) is 52.1 Å². The zero-order chi connectivity index (χ0) is 19.4. The molecule has 2 saturated heterocycles. The Hall–Kier alpha value is -2.67. The molecule has 2 aliphatic rings. The van der Waals surface area contributed by atoms with Crippen LogP contribution in [0.4, 0.5) is 0 Å². The lowest BCUT2D eigenvalue weighted by atomic mass is 10.0. The van der Waals surface area contributed by atoms with Gasteiger partial charge in [0.25, 0.3) is 11.6 Å². The molecule has 1 N–H and O–H groups in total. The molecule has 5 rings (SSSR count). The van der Waals surface area contributed by atoms with Gasteiger partial charge in [-0.05, 0) is 58.7 Å². The largest absolute Gasteiger partial charge is 0.466 e. The fourth-order valence-corrected chi connectivity index (χ4v) is 4.74. The maximum absolute atomic E-state index is 13.7. The van der Waals surface area contributed by atoms with E-state index in [2.05, 4.69) is 20.4 Å². The van der Waals surface area contributed by atoms with E-state index >= 15 is 0 Å². The fourth-order valence-electron chi connectivity index (χ4n) is 4.74. The summed E-state index contributed by atoms with van der Waals surface area (Å²) < 4.78 is 11.1. The summed E-state index contributed by atoms with van der Waals surface area (Å²) in [5, 5.41) is 8.24. The molecule has 1 amide bonds. The first-order valence-corrected chi connectivity index (χ1v) is 9.90. The Kier molecular flexibility index (Phi) is 4.01. The standard InChI is InChI=1S/C21H24N4O3/c1-11-8-16(13(3)27-11)18-9-17(19-12(2)24-28-20(19)23-18)21(26)25-14-4-5-15(25)10-22-7-6-14/h8-9,14-15,22H,4-7,10H2,1-3H3. The Morgan fingerprint density at radius 2 is 2.00 bits per heavy atom.